The summed E-state index contributed by atoms with van der Waals surface area (Å²) in [5, 5.41) is 2.72. The molecular formula is C24H24ClNO2S. The van der Waals surface area contributed by atoms with Crippen LogP contribution in [0.3, 0.4) is 0 Å². The minimum atomic E-state index is 0.123. The predicted octanol–water partition coefficient (Wildman–Crippen LogP) is 6.66. The quantitative estimate of drug-likeness (QED) is 0.457. The fourth-order valence-electron chi connectivity index (χ4n) is 3.84. The Kier molecular flexibility index (Phi) is 6.22. The number of rotatable bonds is 5. The van der Waals surface area contributed by atoms with Crippen molar-refractivity contribution >= 4 is 28.8 Å². The third-order valence-corrected chi connectivity index (χ3v) is 6.55. The van der Waals surface area contributed by atoms with E-state index in [9.17, 15) is 4.79 Å². The fraction of sp³-hybridized carbons (Fsp3) is 0.292. The van der Waals surface area contributed by atoms with Crippen LogP contribution in [0.15, 0.2) is 60.0 Å². The Balaban J connectivity index is 1.46. The first kappa shape index (κ1) is 20.0. The van der Waals surface area contributed by atoms with Crippen molar-refractivity contribution < 1.29 is 9.53 Å². The molecule has 0 saturated carbocycles. The van der Waals surface area contributed by atoms with Crippen LogP contribution in [0.1, 0.15) is 51.7 Å². The second-order valence-corrected chi connectivity index (χ2v) is 8.79. The van der Waals surface area contributed by atoms with E-state index in [1.54, 1.807) is 0 Å². The van der Waals surface area contributed by atoms with E-state index in [2.05, 4.69) is 12.1 Å². The lowest BCUT2D eigenvalue weighted by Gasteiger charge is -2.36. The van der Waals surface area contributed by atoms with Gasteiger partial charge in [0.2, 0.25) is 0 Å². The summed E-state index contributed by atoms with van der Waals surface area (Å²) in [6.45, 7) is 3.23. The second-order valence-electron chi connectivity index (χ2n) is 7.44. The molecule has 1 aliphatic rings. The number of carbonyl (C=O) groups is 1. The summed E-state index contributed by atoms with van der Waals surface area (Å²) in [5.41, 5.74) is 3.24. The Bertz CT molecular complexity index is 986. The zero-order chi connectivity index (χ0) is 20.2. The molecular weight excluding hydrogens is 402 g/mol. The highest BCUT2D eigenvalue weighted by molar-refractivity contribution is 7.12. The standard InChI is InChI=1S/C24H24ClNO2S/c1-17-13-20(25)10-11-22(17)28-15-18-14-23(29-16-18)24(27)26-12-6-5-9-21(26)19-7-3-2-4-8-19/h2-4,7-8,10-11,13-14,16,21H,5-6,9,12,15H2,1H3. The van der Waals surface area contributed by atoms with Gasteiger partial charge in [-0.3, -0.25) is 4.79 Å². The number of thiophene rings is 1. The number of halogens is 1. The number of aryl methyl sites for hydroxylation is 1. The highest BCUT2D eigenvalue weighted by atomic mass is 35.5. The third kappa shape index (κ3) is 4.65. The fourth-order valence-corrected chi connectivity index (χ4v) is 4.92. The van der Waals surface area contributed by atoms with Crippen molar-refractivity contribution in [3.8, 4) is 5.75 Å². The number of piperidine rings is 1. The average molecular weight is 426 g/mol. The van der Waals surface area contributed by atoms with E-state index in [-0.39, 0.29) is 11.9 Å². The van der Waals surface area contributed by atoms with Crippen molar-refractivity contribution in [1.82, 2.24) is 4.90 Å². The third-order valence-electron chi connectivity index (χ3n) is 5.34. The smallest absolute Gasteiger partial charge is 0.264 e. The van der Waals surface area contributed by atoms with Crippen LogP contribution in [0.5, 0.6) is 5.75 Å². The molecule has 1 atom stereocenters. The molecule has 4 rings (SSSR count). The Morgan fingerprint density at radius 1 is 1.17 bits per heavy atom. The van der Waals surface area contributed by atoms with Crippen molar-refractivity contribution in [3.63, 3.8) is 0 Å². The molecule has 5 heteroatoms. The number of hydrogen-bond donors (Lipinski definition) is 0. The van der Waals surface area contributed by atoms with Gasteiger partial charge in [-0.1, -0.05) is 41.9 Å². The zero-order valence-corrected chi connectivity index (χ0v) is 18.0. The SMILES string of the molecule is Cc1cc(Cl)ccc1OCc1csc(C(=O)N2CCCCC2c2ccccc2)c1. The highest BCUT2D eigenvalue weighted by Crippen LogP contribution is 2.33. The van der Waals surface area contributed by atoms with Gasteiger partial charge in [-0.2, -0.15) is 0 Å². The Morgan fingerprint density at radius 2 is 2.00 bits per heavy atom. The van der Waals surface area contributed by atoms with Crippen LogP contribution in [0.4, 0.5) is 0 Å². The van der Waals surface area contributed by atoms with Gasteiger partial charge in [0, 0.05) is 17.1 Å². The molecule has 0 aliphatic carbocycles. The molecule has 3 aromatic rings. The van der Waals surface area contributed by atoms with Crippen molar-refractivity contribution in [1.29, 1.82) is 0 Å². The van der Waals surface area contributed by atoms with Crippen LogP contribution in [-0.4, -0.2) is 17.4 Å². The molecule has 2 aromatic carbocycles. The van der Waals surface area contributed by atoms with E-state index in [0.29, 0.717) is 11.6 Å². The van der Waals surface area contributed by atoms with Gasteiger partial charge >= 0.3 is 0 Å². The summed E-state index contributed by atoms with van der Waals surface area (Å²) >= 11 is 7.50. The molecule has 1 aliphatic heterocycles. The Hall–Kier alpha value is -2.30. The van der Waals surface area contributed by atoms with Crippen LogP contribution in [0, 0.1) is 6.92 Å². The molecule has 0 bridgehead atoms. The van der Waals surface area contributed by atoms with Crippen molar-refractivity contribution in [3.05, 3.63) is 86.6 Å². The Labute approximate surface area is 180 Å². The predicted molar refractivity (Wildman–Crippen MR) is 119 cm³/mol. The molecule has 1 aromatic heterocycles. The molecule has 3 nitrogen and oxygen atoms in total. The van der Waals surface area contributed by atoms with E-state index in [1.165, 1.54) is 16.9 Å². The van der Waals surface area contributed by atoms with Crippen molar-refractivity contribution in [2.24, 2.45) is 0 Å². The number of hydrogen-bond acceptors (Lipinski definition) is 3. The number of benzene rings is 2. The van der Waals surface area contributed by atoms with Crippen LogP contribution in [-0.2, 0) is 6.61 Å². The van der Waals surface area contributed by atoms with Gasteiger partial charge in [-0.05, 0) is 67.0 Å². The van der Waals surface area contributed by atoms with Crippen molar-refractivity contribution in [2.45, 2.75) is 38.8 Å². The zero-order valence-electron chi connectivity index (χ0n) is 16.4. The summed E-state index contributed by atoms with van der Waals surface area (Å²) in [6.07, 6.45) is 3.24. The van der Waals surface area contributed by atoms with E-state index >= 15 is 0 Å². The number of ether oxygens (including phenoxy) is 1. The molecule has 2 heterocycles. The Morgan fingerprint density at radius 3 is 2.79 bits per heavy atom. The van der Waals surface area contributed by atoms with Gasteiger partial charge in [-0.15, -0.1) is 11.3 Å². The summed E-state index contributed by atoms with van der Waals surface area (Å²) in [7, 11) is 0. The molecule has 1 saturated heterocycles. The minimum absolute atomic E-state index is 0.123. The molecule has 0 radical (unpaired) electrons. The lowest BCUT2D eigenvalue weighted by molar-refractivity contribution is 0.0616. The first-order chi connectivity index (χ1) is 14.1. The number of likely N-dealkylation sites (tertiary alicyclic amines) is 1. The maximum atomic E-state index is 13.2. The lowest BCUT2D eigenvalue weighted by atomic mass is 9.95. The monoisotopic (exact) mass is 425 g/mol. The molecule has 1 unspecified atom stereocenters. The van der Waals surface area contributed by atoms with Gasteiger partial charge in [0.1, 0.15) is 12.4 Å². The summed E-state index contributed by atoms with van der Waals surface area (Å²) in [6, 6.07) is 18.1. The maximum absolute atomic E-state index is 13.2. The van der Waals surface area contributed by atoms with E-state index in [4.69, 9.17) is 16.3 Å². The number of amides is 1. The number of nitrogens with zero attached hydrogens (tertiary/aromatic N) is 1. The highest BCUT2D eigenvalue weighted by Gasteiger charge is 2.29. The largest absolute Gasteiger partial charge is 0.489 e. The normalized spacial score (nSPS) is 16.6. The van der Waals surface area contributed by atoms with Crippen LogP contribution in [0.25, 0.3) is 0 Å². The molecule has 29 heavy (non-hydrogen) atoms. The average Bonchev–Trinajstić information content (AvgIpc) is 3.22. The van der Waals surface area contributed by atoms with E-state index in [0.717, 1.165) is 47.6 Å². The maximum Gasteiger partial charge on any atom is 0.264 e. The molecule has 0 spiro atoms. The van der Waals surface area contributed by atoms with Gasteiger partial charge < -0.3 is 9.64 Å². The molecule has 1 amide bonds. The van der Waals surface area contributed by atoms with Gasteiger partial charge in [-0.25, -0.2) is 0 Å². The van der Waals surface area contributed by atoms with Gasteiger partial charge in [0.05, 0.1) is 10.9 Å². The molecule has 0 N–H and O–H groups in total. The van der Waals surface area contributed by atoms with Crippen LogP contribution in [0.2, 0.25) is 5.02 Å². The van der Waals surface area contributed by atoms with Crippen LogP contribution >= 0.6 is 22.9 Å². The van der Waals surface area contributed by atoms with Gasteiger partial charge in [0.25, 0.3) is 5.91 Å². The molecule has 150 valence electrons. The lowest BCUT2D eigenvalue weighted by Crippen LogP contribution is -2.38. The summed E-state index contributed by atoms with van der Waals surface area (Å²) < 4.78 is 5.93. The van der Waals surface area contributed by atoms with Gasteiger partial charge in [0.15, 0.2) is 0 Å². The van der Waals surface area contributed by atoms with Crippen LogP contribution < -0.4 is 4.74 Å². The van der Waals surface area contributed by atoms with E-state index < -0.39 is 0 Å². The number of carbonyl (C=O) groups excluding carboxylic acids is 1. The molecule has 1 fully saturated rings. The topological polar surface area (TPSA) is 29.5 Å². The first-order valence-corrected chi connectivity index (χ1v) is 11.2. The summed E-state index contributed by atoms with van der Waals surface area (Å²) in [5.74, 6) is 0.936. The van der Waals surface area contributed by atoms with E-state index in [1.807, 2.05) is 59.7 Å². The minimum Gasteiger partial charge on any atom is -0.489 e. The van der Waals surface area contributed by atoms with Crippen molar-refractivity contribution in [2.75, 3.05) is 6.54 Å². The second kappa shape index (κ2) is 9.02. The first-order valence-electron chi connectivity index (χ1n) is 9.94. The summed E-state index contributed by atoms with van der Waals surface area (Å²) in [4.78, 5) is 16.1.